The van der Waals surface area contributed by atoms with Crippen LogP contribution in [0.25, 0.3) is 0 Å². The van der Waals surface area contributed by atoms with E-state index in [1.807, 2.05) is 0 Å². The lowest BCUT2D eigenvalue weighted by Crippen LogP contribution is -2.56. The Labute approximate surface area is 209 Å². The molecule has 1 heterocycles. The van der Waals surface area contributed by atoms with Gasteiger partial charge in [-0.15, -0.1) is 0 Å². The zero-order valence-corrected chi connectivity index (χ0v) is 21.2. The summed E-state index contributed by atoms with van der Waals surface area (Å²) in [6.45, 7) is 1.76. The zero-order valence-electron chi connectivity index (χ0n) is 20.4. The molecule has 1 aromatic rings. The van der Waals surface area contributed by atoms with Gasteiger partial charge in [-0.2, -0.15) is 0 Å². The predicted molar refractivity (Wildman–Crippen MR) is 126 cm³/mol. The van der Waals surface area contributed by atoms with Crippen molar-refractivity contribution in [3.8, 4) is 0 Å². The van der Waals surface area contributed by atoms with Crippen LogP contribution in [0.3, 0.4) is 0 Å². The molecule has 202 valence electrons. The lowest BCUT2D eigenvalue weighted by Gasteiger charge is -2.43. The maximum atomic E-state index is 12.0. The molecule has 0 spiro atoms. The molecule has 4 N–H and O–H groups in total. The smallest absolute Gasteiger partial charge is 0.472 e. The number of phosphoric acid groups is 1. The molecule has 1 fully saturated rings. The lowest BCUT2D eigenvalue weighted by molar-refractivity contribution is -0.146. The SMILES string of the molecule is CC(C)OP(=O)(O)OCc1ccnc(CN(CC(=O)O)[C@H]2CCCCC2N(CC(=O)O)CC(=O)O)c1. The van der Waals surface area contributed by atoms with Crippen molar-refractivity contribution in [1.82, 2.24) is 14.8 Å². The van der Waals surface area contributed by atoms with Crippen LogP contribution in [-0.4, -0.2) is 90.7 Å². The second-order valence-electron chi connectivity index (χ2n) is 8.96. The summed E-state index contributed by atoms with van der Waals surface area (Å²) in [6, 6.07) is 2.33. The number of carboxylic acids is 3. The van der Waals surface area contributed by atoms with E-state index in [0.29, 0.717) is 24.1 Å². The number of phosphoric ester groups is 1. The van der Waals surface area contributed by atoms with E-state index < -0.39 is 57.0 Å². The summed E-state index contributed by atoms with van der Waals surface area (Å²) in [6.07, 6.45) is 3.61. The van der Waals surface area contributed by atoms with Crippen LogP contribution in [0.4, 0.5) is 0 Å². The Balaban J connectivity index is 2.24. The summed E-state index contributed by atoms with van der Waals surface area (Å²) in [5, 5.41) is 28.2. The van der Waals surface area contributed by atoms with Crippen LogP contribution in [-0.2, 0) is 41.1 Å². The summed E-state index contributed by atoms with van der Waals surface area (Å²) >= 11 is 0. The topological polar surface area (TPSA) is 187 Å². The quantitative estimate of drug-likeness (QED) is 0.240. The Bertz CT molecular complexity index is 944. The molecule has 1 aliphatic rings. The molecule has 0 amide bonds. The molecular formula is C22H34N3O10P. The van der Waals surface area contributed by atoms with Crippen molar-refractivity contribution in [3.05, 3.63) is 29.6 Å². The van der Waals surface area contributed by atoms with Crippen molar-refractivity contribution < 1.29 is 48.2 Å². The maximum absolute atomic E-state index is 12.0. The molecule has 1 aromatic heterocycles. The maximum Gasteiger partial charge on any atom is 0.472 e. The first-order valence-electron chi connectivity index (χ1n) is 11.6. The van der Waals surface area contributed by atoms with Crippen LogP contribution in [0.2, 0.25) is 0 Å². The second-order valence-corrected chi connectivity index (χ2v) is 10.4. The normalized spacial score (nSPS) is 19.9. The third-order valence-electron chi connectivity index (χ3n) is 5.63. The molecule has 36 heavy (non-hydrogen) atoms. The van der Waals surface area contributed by atoms with Gasteiger partial charge in [-0.1, -0.05) is 12.8 Å². The van der Waals surface area contributed by atoms with Gasteiger partial charge in [0.15, 0.2) is 0 Å². The lowest BCUT2D eigenvalue weighted by atomic mass is 9.87. The Hall–Kier alpha value is -2.41. The number of aromatic nitrogens is 1. The highest BCUT2D eigenvalue weighted by atomic mass is 31.2. The van der Waals surface area contributed by atoms with E-state index in [-0.39, 0.29) is 19.7 Å². The number of pyridine rings is 1. The largest absolute Gasteiger partial charge is 0.480 e. The average molecular weight is 531 g/mol. The molecule has 0 radical (unpaired) electrons. The highest BCUT2D eigenvalue weighted by Crippen LogP contribution is 2.45. The van der Waals surface area contributed by atoms with Crippen molar-refractivity contribution >= 4 is 25.7 Å². The van der Waals surface area contributed by atoms with Crippen LogP contribution in [0.1, 0.15) is 50.8 Å². The highest BCUT2D eigenvalue weighted by Gasteiger charge is 2.36. The van der Waals surface area contributed by atoms with Crippen LogP contribution in [0.5, 0.6) is 0 Å². The van der Waals surface area contributed by atoms with Crippen molar-refractivity contribution in [2.75, 3.05) is 19.6 Å². The summed E-state index contributed by atoms with van der Waals surface area (Å²) in [5.41, 5.74) is 0.998. The Morgan fingerprint density at radius 1 is 1.03 bits per heavy atom. The highest BCUT2D eigenvalue weighted by molar-refractivity contribution is 7.47. The molecule has 2 rings (SSSR count). The molecule has 3 atom stereocenters. The van der Waals surface area contributed by atoms with Crippen molar-refractivity contribution in [3.63, 3.8) is 0 Å². The fourth-order valence-electron chi connectivity index (χ4n) is 4.41. The summed E-state index contributed by atoms with van der Waals surface area (Å²) in [7, 11) is -4.25. The average Bonchev–Trinajstić information content (AvgIpc) is 2.75. The van der Waals surface area contributed by atoms with Gasteiger partial charge < -0.3 is 20.2 Å². The number of carboxylic acid groups (broad SMARTS) is 3. The van der Waals surface area contributed by atoms with Gasteiger partial charge in [0.2, 0.25) is 0 Å². The fourth-order valence-corrected chi connectivity index (χ4v) is 5.32. The Kier molecular flexibility index (Phi) is 11.4. The third-order valence-corrected chi connectivity index (χ3v) is 6.77. The van der Waals surface area contributed by atoms with E-state index in [4.69, 9.17) is 9.05 Å². The molecule has 1 aliphatic carbocycles. The fraction of sp³-hybridized carbons (Fsp3) is 0.636. The first-order valence-corrected chi connectivity index (χ1v) is 13.1. The van der Waals surface area contributed by atoms with Gasteiger partial charge in [0.05, 0.1) is 38.0 Å². The number of hydrogen-bond acceptors (Lipinski definition) is 9. The summed E-state index contributed by atoms with van der Waals surface area (Å²) in [5.74, 6) is -3.42. The van der Waals surface area contributed by atoms with Crippen LogP contribution < -0.4 is 0 Å². The molecule has 0 aromatic carbocycles. The van der Waals surface area contributed by atoms with Crippen molar-refractivity contribution in [2.45, 2.75) is 70.9 Å². The van der Waals surface area contributed by atoms with Gasteiger partial charge in [-0.25, -0.2) is 4.57 Å². The zero-order chi connectivity index (χ0) is 26.9. The van der Waals surface area contributed by atoms with Gasteiger partial charge in [-0.05, 0) is 44.4 Å². The Morgan fingerprint density at radius 2 is 1.56 bits per heavy atom. The molecule has 1 saturated carbocycles. The number of nitrogens with zero attached hydrogens (tertiary/aromatic N) is 3. The van der Waals surface area contributed by atoms with E-state index in [9.17, 15) is 39.2 Å². The minimum atomic E-state index is -4.25. The van der Waals surface area contributed by atoms with Gasteiger partial charge in [0.25, 0.3) is 0 Å². The minimum absolute atomic E-state index is 0.0918. The number of rotatable bonds is 15. The van der Waals surface area contributed by atoms with E-state index in [1.54, 1.807) is 30.9 Å². The molecular weight excluding hydrogens is 497 g/mol. The van der Waals surface area contributed by atoms with Gasteiger partial charge in [0.1, 0.15) is 0 Å². The molecule has 14 heteroatoms. The van der Waals surface area contributed by atoms with Crippen LogP contribution >= 0.6 is 7.82 Å². The molecule has 2 unspecified atom stereocenters. The molecule has 0 bridgehead atoms. The first kappa shape index (κ1) is 29.8. The van der Waals surface area contributed by atoms with Crippen LogP contribution in [0, 0.1) is 0 Å². The monoisotopic (exact) mass is 531 g/mol. The molecule has 0 aliphatic heterocycles. The molecule has 0 saturated heterocycles. The third kappa shape index (κ3) is 10.3. The van der Waals surface area contributed by atoms with Crippen LogP contribution in [0.15, 0.2) is 18.3 Å². The van der Waals surface area contributed by atoms with Crippen molar-refractivity contribution in [1.29, 1.82) is 0 Å². The van der Waals surface area contributed by atoms with E-state index in [2.05, 4.69) is 4.98 Å². The van der Waals surface area contributed by atoms with Gasteiger partial charge in [0, 0.05) is 24.8 Å². The van der Waals surface area contributed by atoms with E-state index >= 15 is 0 Å². The first-order chi connectivity index (χ1) is 16.9. The van der Waals surface area contributed by atoms with E-state index in [0.717, 1.165) is 12.8 Å². The van der Waals surface area contributed by atoms with Crippen molar-refractivity contribution in [2.24, 2.45) is 0 Å². The summed E-state index contributed by atoms with van der Waals surface area (Å²) < 4.78 is 21.9. The summed E-state index contributed by atoms with van der Waals surface area (Å²) in [4.78, 5) is 51.6. The van der Waals surface area contributed by atoms with Gasteiger partial charge in [-0.3, -0.25) is 38.2 Å². The second kappa shape index (κ2) is 13.8. The number of aliphatic carboxylic acids is 3. The van der Waals surface area contributed by atoms with E-state index in [1.165, 1.54) is 11.1 Å². The molecule has 13 nitrogen and oxygen atoms in total. The standard InChI is InChI=1S/C22H34N3O10P/c1-15(2)35-36(32,33)34-14-16-7-8-23-17(9-16)10-24(11-20(26)27)18-5-3-4-6-19(18)25(12-21(28)29)13-22(30)31/h7-9,15,18-19H,3-6,10-14H2,1-2H3,(H,26,27)(H,28,29)(H,30,31)(H,32,33)/t18-,19?/m0/s1. The number of hydrogen-bond donors (Lipinski definition) is 4. The Morgan fingerprint density at radius 3 is 2.08 bits per heavy atom. The predicted octanol–water partition coefficient (Wildman–Crippen LogP) is 1.79. The number of carbonyl (C=O) groups is 3. The van der Waals surface area contributed by atoms with Gasteiger partial charge >= 0.3 is 25.7 Å². The minimum Gasteiger partial charge on any atom is -0.480 e.